The van der Waals surface area contributed by atoms with Gasteiger partial charge in [0.25, 0.3) is 5.24 Å². The third kappa shape index (κ3) is 1.87. The van der Waals surface area contributed by atoms with E-state index >= 15 is 0 Å². The number of benzene rings is 1. The Balaban J connectivity index is 3.25. The predicted octanol–water partition coefficient (Wildman–Crippen LogP) is 3.36. The quantitative estimate of drug-likeness (QED) is 0.670. The van der Waals surface area contributed by atoms with Crippen molar-refractivity contribution < 1.29 is 4.79 Å². The van der Waals surface area contributed by atoms with Gasteiger partial charge in [-0.15, -0.1) is 0 Å². The SMILES string of the molecule is C=Cc1ccc(Cl)c(C(=O)Cl)c1. The van der Waals surface area contributed by atoms with Crippen molar-refractivity contribution in [2.24, 2.45) is 0 Å². The van der Waals surface area contributed by atoms with Crippen molar-refractivity contribution in [1.82, 2.24) is 0 Å². The van der Waals surface area contributed by atoms with Crippen molar-refractivity contribution in [2.75, 3.05) is 0 Å². The van der Waals surface area contributed by atoms with Crippen molar-refractivity contribution >= 4 is 34.5 Å². The van der Waals surface area contributed by atoms with Crippen molar-refractivity contribution in [3.05, 3.63) is 40.9 Å². The zero-order valence-corrected chi connectivity index (χ0v) is 7.69. The van der Waals surface area contributed by atoms with E-state index < -0.39 is 5.24 Å². The van der Waals surface area contributed by atoms with Crippen molar-refractivity contribution in [3.63, 3.8) is 0 Å². The molecule has 1 nitrogen and oxygen atoms in total. The monoisotopic (exact) mass is 200 g/mol. The fraction of sp³-hybridized carbons (Fsp3) is 0. The number of hydrogen-bond donors (Lipinski definition) is 0. The van der Waals surface area contributed by atoms with Gasteiger partial charge in [0.05, 0.1) is 10.6 Å². The van der Waals surface area contributed by atoms with Crippen molar-refractivity contribution in [3.8, 4) is 0 Å². The Hall–Kier alpha value is -0.790. The zero-order chi connectivity index (χ0) is 9.14. The molecule has 0 aliphatic rings. The van der Waals surface area contributed by atoms with Gasteiger partial charge in [-0.3, -0.25) is 4.79 Å². The van der Waals surface area contributed by atoms with Crippen molar-refractivity contribution in [1.29, 1.82) is 0 Å². The van der Waals surface area contributed by atoms with Gasteiger partial charge in [-0.2, -0.15) is 0 Å². The molecule has 0 radical (unpaired) electrons. The highest BCUT2D eigenvalue weighted by Crippen LogP contribution is 2.19. The molecule has 62 valence electrons. The van der Waals surface area contributed by atoms with Gasteiger partial charge >= 0.3 is 0 Å². The largest absolute Gasteiger partial charge is 0.276 e. The molecule has 0 N–H and O–H groups in total. The van der Waals surface area contributed by atoms with E-state index in [1.807, 2.05) is 0 Å². The minimum Gasteiger partial charge on any atom is -0.276 e. The smallest absolute Gasteiger partial charge is 0.253 e. The van der Waals surface area contributed by atoms with E-state index in [0.717, 1.165) is 5.56 Å². The summed E-state index contributed by atoms with van der Waals surface area (Å²) in [6, 6.07) is 4.98. The lowest BCUT2D eigenvalue weighted by atomic mass is 10.1. The van der Waals surface area contributed by atoms with E-state index in [1.165, 1.54) is 0 Å². The highest BCUT2D eigenvalue weighted by Gasteiger charge is 2.06. The highest BCUT2D eigenvalue weighted by molar-refractivity contribution is 6.68. The summed E-state index contributed by atoms with van der Waals surface area (Å²) < 4.78 is 0. The summed E-state index contributed by atoms with van der Waals surface area (Å²) in [6.07, 6.45) is 1.62. The molecular weight excluding hydrogens is 195 g/mol. The fourth-order valence-electron chi connectivity index (χ4n) is 0.820. The first kappa shape index (κ1) is 9.30. The van der Waals surface area contributed by atoms with Gasteiger partial charge in [-0.1, -0.05) is 30.3 Å². The van der Waals surface area contributed by atoms with Crippen LogP contribution in [0, 0.1) is 0 Å². The Morgan fingerprint density at radius 3 is 2.67 bits per heavy atom. The number of hydrogen-bond acceptors (Lipinski definition) is 1. The molecular formula is C9H6Cl2O. The van der Waals surface area contributed by atoms with E-state index in [-0.39, 0.29) is 0 Å². The molecule has 0 heterocycles. The van der Waals surface area contributed by atoms with Crippen LogP contribution in [0.15, 0.2) is 24.8 Å². The average Bonchev–Trinajstić information content (AvgIpc) is 2.05. The Morgan fingerprint density at radius 1 is 1.50 bits per heavy atom. The maximum atomic E-state index is 10.8. The molecule has 1 rings (SSSR count). The molecule has 1 aromatic carbocycles. The molecule has 3 heteroatoms. The van der Waals surface area contributed by atoms with Gasteiger partial charge in [-0.25, -0.2) is 0 Å². The van der Waals surface area contributed by atoms with Gasteiger partial charge < -0.3 is 0 Å². The third-order valence-electron chi connectivity index (χ3n) is 1.44. The van der Waals surface area contributed by atoms with Crippen molar-refractivity contribution in [2.45, 2.75) is 0 Å². The number of carbonyl (C=O) groups excluding carboxylic acids is 1. The second-order valence-corrected chi connectivity index (χ2v) is 2.97. The first-order chi connectivity index (χ1) is 5.65. The van der Waals surface area contributed by atoms with Crippen LogP contribution in [-0.2, 0) is 0 Å². The van der Waals surface area contributed by atoms with Gasteiger partial charge in [0, 0.05) is 0 Å². The molecule has 0 bridgehead atoms. The maximum absolute atomic E-state index is 10.8. The van der Waals surface area contributed by atoms with Crippen LogP contribution in [0.1, 0.15) is 15.9 Å². The molecule has 0 fully saturated rings. The zero-order valence-electron chi connectivity index (χ0n) is 6.18. The molecule has 0 saturated heterocycles. The van der Waals surface area contributed by atoms with Crippen LogP contribution in [0.5, 0.6) is 0 Å². The highest BCUT2D eigenvalue weighted by atomic mass is 35.5. The maximum Gasteiger partial charge on any atom is 0.253 e. The number of carbonyl (C=O) groups is 1. The molecule has 12 heavy (non-hydrogen) atoms. The second kappa shape index (κ2) is 3.74. The molecule has 0 amide bonds. The van der Waals surface area contributed by atoms with Crippen LogP contribution in [0.25, 0.3) is 6.08 Å². The van der Waals surface area contributed by atoms with E-state index in [4.69, 9.17) is 23.2 Å². The van der Waals surface area contributed by atoms with Gasteiger partial charge in [0.2, 0.25) is 0 Å². The average molecular weight is 201 g/mol. The molecule has 0 spiro atoms. The molecule has 0 atom stereocenters. The second-order valence-electron chi connectivity index (χ2n) is 2.22. The summed E-state index contributed by atoms with van der Waals surface area (Å²) in [5.74, 6) is 0. The lowest BCUT2D eigenvalue weighted by Crippen LogP contribution is -1.90. The molecule has 0 aliphatic carbocycles. The van der Waals surface area contributed by atoms with E-state index in [2.05, 4.69) is 6.58 Å². The number of rotatable bonds is 2. The van der Waals surface area contributed by atoms with Gasteiger partial charge in [0.15, 0.2) is 0 Å². The van der Waals surface area contributed by atoms with Crippen LogP contribution in [0.4, 0.5) is 0 Å². The molecule has 0 saturated carbocycles. The van der Waals surface area contributed by atoms with E-state index in [1.54, 1.807) is 24.3 Å². The van der Waals surface area contributed by atoms with Gasteiger partial charge in [-0.05, 0) is 29.3 Å². The van der Waals surface area contributed by atoms with Crippen LogP contribution in [0.2, 0.25) is 5.02 Å². The minimum atomic E-state index is -0.552. The lowest BCUT2D eigenvalue weighted by molar-refractivity contribution is 0.108. The Morgan fingerprint density at radius 2 is 2.17 bits per heavy atom. The minimum absolute atomic E-state index is 0.315. The topological polar surface area (TPSA) is 17.1 Å². The molecule has 0 aromatic heterocycles. The van der Waals surface area contributed by atoms with Crippen LogP contribution < -0.4 is 0 Å². The van der Waals surface area contributed by atoms with Crippen LogP contribution >= 0.6 is 23.2 Å². The van der Waals surface area contributed by atoms with Crippen LogP contribution in [0.3, 0.4) is 0 Å². The van der Waals surface area contributed by atoms with E-state index in [0.29, 0.717) is 10.6 Å². The molecule has 0 aliphatic heterocycles. The Kier molecular flexibility index (Phi) is 2.90. The predicted molar refractivity (Wildman–Crippen MR) is 51.7 cm³/mol. The number of halogens is 2. The van der Waals surface area contributed by atoms with E-state index in [9.17, 15) is 4.79 Å². The first-order valence-electron chi connectivity index (χ1n) is 3.27. The lowest BCUT2D eigenvalue weighted by Gasteiger charge is -1.99. The summed E-state index contributed by atoms with van der Waals surface area (Å²) >= 11 is 11.0. The fourth-order valence-corrected chi connectivity index (χ4v) is 1.23. The third-order valence-corrected chi connectivity index (χ3v) is 1.97. The summed E-state index contributed by atoms with van der Waals surface area (Å²) in [5, 5.41) is -0.190. The Labute approximate surface area is 80.6 Å². The molecule has 1 aromatic rings. The normalized spacial score (nSPS) is 9.50. The standard InChI is InChI=1S/C9H6Cl2O/c1-2-6-3-4-8(10)7(5-6)9(11)12/h2-5H,1H2. The summed E-state index contributed by atoms with van der Waals surface area (Å²) in [7, 11) is 0. The summed E-state index contributed by atoms with van der Waals surface area (Å²) in [4.78, 5) is 10.8. The first-order valence-corrected chi connectivity index (χ1v) is 4.02. The molecule has 0 unspecified atom stereocenters. The summed E-state index contributed by atoms with van der Waals surface area (Å²) in [6.45, 7) is 3.56. The summed E-state index contributed by atoms with van der Waals surface area (Å²) in [5.41, 5.74) is 1.14. The van der Waals surface area contributed by atoms with Crippen LogP contribution in [-0.4, -0.2) is 5.24 Å². The van der Waals surface area contributed by atoms with Gasteiger partial charge in [0.1, 0.15) is 0 Å². The Bertz CT molecular complexity index is 331.